The van der Waals surface area contributed by atoms with Gasteiger partial charge in [0.15, 0.2) is 6.10 Å². The van der Waals surface area contributed by atoms with Crippen molar-refractivity contribution in [3.8, 4) is 0 Å². The molecule has 0 bridgehead atoms. The summed E-state index contributed by atoms with van der Waals surface area (Å²) in [6.45, 7) is 4.29. The monoisotopic (exact) mass is 1300 g/mol. The quantitative estimate of drug-likeness (QED) is 0.0211. The van der Waals surface area contributed by atoms with Crippen LogP contribution < -0.4 is 0 Å². The standard InChI is InChI=1S/C82H138NO8P/c1-6-8-10-12-14-16-18-20-22-24-26-28-30-32-34-36-37-38-39-40-41-42-43-44-45-47-49-51-53-55-57-59-61-63-65-67-69-71-73-75-82(85)91-80(79-90-92(86,87)89-77-76-83(3,4)5)78-88-81(84)74-72-70-68-66-64-62-60-58-56-54-52-50-48-46-35-33-31-29-27-25-23-21-19-17-15-13-11-9-7-2/h8,10,14,16,19-22,25-28,32,34,37-38,40-41,43-44,47,49,53,55,59,61,80H,6-7,9,11-13,15,17-18,23-24,29-31,33,35-36,39,42,45-46,48,50-52,54,56-58,60,62-79H2,1-5H3/p+1/b10-8-,16-14-,21-19-,22-20-,27-25-,28-26-,34-32-,38-37-,41-40-,44-43-,49-47-,55-53-,61-59-. The van der Waals surface area contributed by atoms with Gasteiger partial charge in [-0.2, -0.15) is 0 Å². The number of hydrogen-bond donors (Lipinski definition) is 1. The highest BCUT2D eigenvalue weighted by Crippen LogP contribution is 2.43. The number of carbonyl (C=O) groups is 2. The molecule has 0 fully saturated rings. The van der Waals surface area contributed by atoms with Gasteiger partial charge in [0, 0.05) is 12.8 Å². The van der Waals surface area contributed by atoms with Crippen LogP contribution in [0.25, 0.3) is 0 Å². The Kier molecular flexibility index (Phi) is 67.6. The molecule has 0 aliphatic carbocycles. The van der Waals surface area contributed by atoms with Crippen LogP contribution in [0, 0.1) is 0 Å². The van der Waals surface area contributed by atoms with E-state index in [0.717, 1.165) is 128 Å². The van der Waals surface area contributed by atoms with Gasteiger partial charge >= 0.3 is 19.8 Å². The molecular formula is C82H139NO8P+. The molecule has 0 spiro atoms. The van der Waals surface area contributed by atoms with Crippen LogP contribution in [0.2, 0.25) is 0 Å². The first-order chi connectivity index (χ1) is 45.0. The largest absolute Gasteiger partial charge is 0.472 e. The number of unbranched alkanes of at least 4 members (excludes halogenated alkanes) is 27. The molecule has 0 rings (SSSR count). The molecule has 0 aliphatic heterocycles. The van der Waals surface area contributed by atoms with Crippen LogP contribution in [0.5, 0.6) is 0 Å². The first kappa shape index (κ1) is 87.6. The molecule has 0 aliphatic rings. The maximum Gasteiger partial charge on any atom is 0.472 e. The molecule has 92 heavy (non-hydrogen) atoms. The van der Waals surface area contributed by atoms with E-state index in [1.807, 2.05) is 21.1 Å². The molecule has 10 heteroatoms. The molecular weight excluding hydrogens is 1160 g/mol. The van der Waals surface area contributed by atoms with Crippen molar-refractivity contribution in [3.63, 3.8) is 0 Å². The van der Waals surface area contributed by atoms with Crippen molar-refractivity contribution in [2.45, 2.75) is 302 Å². The van der Waals surface area contributed by atoms with Crippen LogP contribution in [0.15, 0.2) is 158 Å². The molecule has 0 heterocycles. The number of phosphoric acid groups is 1. The Morgan fingerprint density at radius 2 is 0.620 bits per heavy atom. The van der Waals surface area contributed by atoms with E-state index >= 15 is 0 Å². The van der Waals surface area contributed by atoms with Crippen LogP contribution in [0.3, 0.4) is 0 Å². The second kappa shape index (κ2) is 70.9. The second-order valence-electron chi connectivity index (χ2n) is 25.6. The van der Waals surface area contributed by atoms with Crippen LogP contribution in [-0.2, 0) is 32.7 Å². The van der Waals surface area contributed by atoms with Gasteiger partial charge in [-0.3, -0.25) is 18.6 Å². The minimum Gasteiger partial charge on any atom is -0.462 e. The molecule has 2 atom stereocenters. The zero-order valence-electron chi connectivity index (χ0n) is 59.7. The van der Waals surface area contributed by atoms with E-state index in [-0.39, 0.29) is 32.0 Å². The molecule has 0 saturated heterocycles. The van der Waals surface area contributed by atoms with Gasteiger partial charge in [0.1, 0.15) is 19.8 Å². The van der Waals surface area contributed by atoms with E-state index in [9.17, 15) is 19.0 Å². The van der Waals surface area contributed by atoms with E-state index in [4.69, 9.17) is 18.5 Å². The Bertz CT molecular complexity index is 2110. The average molecular weight is 1300 g/mol. The van der Waals surface area contributed by atoms with Crippen molar-refractivity contribution >= 4 is 19.8 Å². The van der Waals surface area contributed by atoms with Crippen molar-refractivity contribution in [1.82, 2.24) is 0 Å². The number of rotatable bonds is 67. The third kappa shape index (κ3) is 74.7. The minimum absolute atomic E-state index is 0.0206. The van der Waals surface area contributed by atoms with Crippen LogP contribution >= 0.6 is 7.82 Å². The van der Waals surface area contributed by atoms with Gasteiger partial charge in [0.2, 0.25) is 0 Å². The number of nitrogens with zero attached hydrogens (tertiary/aromatic N) is 1. The number of ether oxygens (including phenoxy) is 2. The van der Waals surface area contributed by atoms with Gasteiger partial charge in [-0.25, -0.2) is 4.57 Å². The highest BCUT2D eigenvalue weighted by Gasteiger charge is 2.27. The summed E-state index contributed by atoms with van der Waals surface area (Å²) in [5.74, 6) is -0.822. The lowest BCUT2D eigenvalue weighted by Gasteiger charge is -2.24. The maximum absolute atomic E-state index is 12.9. The van der Waals surface area contributed by atoms with E-state index in [0.29, 0.717) is 17.4 Å². The topological polar surface area (TPSA) is 108 Å². The summed E-state index contributed by atoms with van der Waals surface area (Å²) in [6, 6.07) is 0. The van der Waals surface area contributed by atoms with Crippen LogP contribution in [-0.4, -0.2) is 74.9 Å². The number of quaternary nitrogens is 1. The molecule has 0 aromatic rings. The zero-order valence-corrected chi connectivity index (χ0v) is 60.6. The molecule has 0 aromatic carbocycles. The smallest absolute Gasteiger partial charge is 0.462 e. The predicted molar refractivity (Wildman–Crippen MR) is 399 cm³/mol. The van der Waals surface area contributed by atoms with Gasteiger partial charge in [-0.1, -0.05) is 313 Å². The first-order valence-electron chi connectivity index (χ1n) is 37.2. The van der Waals surface area contributed by atoms with E-state index in [2.05, 4.69) is 172 Å². The lowest BCUT2D eigenvalue weighted by atomic mass is 10.0. The highest BCUT2D eigenvalue weighted by molar-refractivity contribution is 7.47. The summed E-state index contributed by atoms with van der Waals surface area (Å²) < 4.78 is 34.7. The summed E-state index contributed by atoms with van der Waals surface area (Å²) >= 11 is 0. The van der Waals surface area contributed by atoms with Crippen molar-refractivity contribution in [3.05, 3.63) is 158 Å². The number of allylic oxidation sites excluding steroid dienone is 26. The van der Waals surface area contributed by atoms with E-state index < -0.39 is 26.5 Å². The number of likely N-dealkylation sites (N-methyl/N-ethyl adjacent to an activating group) is 1. The zero-order chi connectivity index (χ0) is 66.9. The van der Waals surface area contributed by atoms with Gasteiger partial charge < -0.3 is 18.9 Å². The Labute approximate surface area is 566 Å². The summed E-state index contributed by atoms with van der Waals surface area (Å²) in [5.41, 5.74) is 0. The third-order valence-electron chi connectivity index (χ3n) is 15.5. The van der Waals surface area contributed by atoms with E-state index in [1.54, 1.807) is 0 Å². The number of hydrogen-bond acceptors (Lipinski definition) is 7. The lowest BCUT2D eigenvalue weighted by molar-refractivity contribution is -0.870. The fourth-order valence-corrected chi connectivity index (χ4v) is 10.6. The number of phosphoric ester groups is 1. The molecule has 1 N–H and O–H groups in total. The van der Waals surface area contributed by atoms with Crippen molar-refractivity contribution in [2.24, 2.45) is 0 Å². The molecule has 0 amide bonds. The molecule has 0 aromatic heterocycles. The minimum atomic E-state index is -4.41. The van der Waals surface area contributed by atoms with E-state index in [1.165, 1.54) is 135 Å². The Morgan fingerprint density at radius 3 is 0.924 bits per heavy atom. The maximum atomic E-state index is 12.9. The number of carbonyl (C=O) groups excluding carboxylic acids is 2. The van der Waals surface area contributed by atoms with Crippen molar-refractivity contribution < 1.29 is 42.1 Å². The van der Waals surface area contributed by atoms with Gasteiger partial charge in [0.25, 0.3) is 0 Å². The highest BCUT2D eigenvalue weighted by atomic mass is 31.2. The van der Waals surface area contributed by atoms with Gasteiger partial charge in [-0.15, -0.1) is 0 Å². The lowest BCUT2D eigenvalue weighted by Crippen LogP contribution is -2.37. The fourth-order valence-electron chi connectivity index (χ4n) is 9.88. The van der Waals surface area contributed by atoms with Gasteiger partial charge in [-0.05, 0) is 128 Å². The fraction of sp³-hybridized carbons (Fsp3) is 0.659. The summed E-state index contributed by atoms with van der Waals surface area (Å²) in [4.78, 5) is 35.9. The molecule has 9 nitrogen and oxygen atoms in total. The molecule has 524 valence electrons. The Morgan fingerprint density at radius 1 is 0.348 bits per heavy atom. The molecule has 0 saturated carbocycles. The SMILES string of the molecule is CC/C=C\C/C=C\C/C=C\C/C=C\C/C=C\C/C=C\C/C=C\C/C=C\C/C=C\C/C=C\C/C=C\CCCCCCCC(=O)OC(COC(=O)CCCCCCCCCCCCCCCCCCC/C=C\C/C=C\CCCCCCC)COP(=O)(O)OCC[N+](C)(C)C. The van der Waals surface area contributed by atoms with Crippen LogP contribution in [0.1, 0.15) is 296 Å². The van der Waals surface area contributed by atoms with Crippen molar-refractivity contribution in [1.29, 1.82) is 0 Å². The summed E-state index contributed by atoms with van der Waals surface area (Å²) in [6.07, 6.45) is 106. The predicted octanol–water partition coefficient (Wildman–Crippen LogP) is 24.7. The van der Waals surface area contributed by atoms with Gasteiger partial charge in [0.05, 0.1) is 27.7 Å². The van der Waals surface area contributed by atoms with Crippen molar-refractivity contribution in [2.75, 3.05) is 47.5 Å². The Balaban J connectivity index is 4.13. The molecule has 0 radical (unpaired) electrons. The first-order valence-corrected chi connectivity index (χ1v) is 38.7. The number of esters is 2. The third-order valence-corrected chi connectivity index (χ3v) is 16.5. The second-order valence-corrected chi connectivity index (χ2v) is 27.0. The molecule has 2 unspecified atom stereocenters. The summed E-state index contributed by atoms with van der Waals surface area (Å²) in [7, 11) is 1.45. The summed E-state index contributed by atoms with van der Waals surface area (Å²) in [5, 5.41) is 0. The average Bonchev–Trinajstić information content (AvgIpc) is 2.14. The Hall–Kier alpha value is -4.37. The van der Waals surface area contributed by atoms with Crippen LogP contribution in [0.4, 0.5) is 0 Å². The normalized spacial score (nSPS) is 14.0.